The van der Waals surface area contributed by atoms with Crippen LogP contribution in [0.4, 0.5) is 0 Å². The molecule has 0 spiro atoms. The van der Waals surface area contributed by atoms with Gasteiger partial charge in [0.25, 0.3) is 0 Å². The number of aromatic nitrogens is 2. The molecule has 0 saturated heterocycles. The largest absolute Gasteiger partial charge is 0.486 e. The zero-order valence-corrected chi connectivity index (χ0v) is 10.9. The van der Waals surface area contributed by atoms with E-state index >= 15 is 0 Å². The van der Waals surface area contributed by atoms with E-state index in [-0.39, 0.29) is 0 Å². The molecule has 0 fully saturated rings. The average Bonchev–Trinajstić information content (AvgIpc) is 2.41. The van der Waals surface area contributed by atoms with Crippen molar-refractivity contribution >= 4 is 23.4 Å². The lowest BCUT2D eigenvalue weighted by molar-refractivity contribution is 0.171. The van der Waals surface area contributed by atoms with Crippen molar-refractivity contribution in [3.63, 3.8) is 0 Å². The topological polar surface area (TPSA) is 44.2 Å². The van der Waals surface area contributed by atoms with E-state index in [9.17, 15) is 0 Å². The molecule has 0 amide bonds. The Bertz CT molecular complexity index is 566. The van der Waals surface area contributed by atoms with Crippen LogP contribution in [-0.2, 0) is 0 Å². The van der Waals surface area contributed by atoms with Gasteiger partial charge in [-0.25, -0.2) is 0 Å². The molecule has 1 aromatic heterocycles. The Balaban J connectivity index is 1.92. The highest BCUT2D eigenvalue weighted by molar-refractivity contribution is 7.99. The van der Waals surface area contributed by atoms with Crippen LogP contribution in [0.2, 0.25) is 5.02 Å². The molecule has 0 aliphatic carbocycles. The van der Waals surface area contributed by atoms with E-state index in [0.717, 1.165) is 15.7 Å². The van der Waals surface area contributed by atoms with Crippen LogP contribution in [-0.4, -0.2) is 23.4 Å². The van der Waals surface area contributed by atoms with Gasteiger partial charge < -0.3 is 9.47 Å². The third kappa shape index (κ3) is 2.37. The van der Waals surface area contributed by atoms with Gasteiger partial charge in [0.15, 0.2) is 11.5 Å². The van der Waals surface area contributed by atoms with Gasteiger partial charge in [-0.15, -0.1) is 5.10 Å². The first-order valence-corrected chi connectivity index (χ1v) is 6.57. The minimum atomic E-state index is 0.556. The second kappa shape index (κ2) is 5.04. The van der Waals surface area contributed by atoms with Crippen LogP contribution in [0.1, 0.15) is 0 Å². The second-order valence-corrected chi connectivity index (χ2v) is 5.06. The molecule has 4 nitrogen and oxygen atoms in total. The van der Waals surface area contributed by atoms with Gasteiger partial charge in [0.1, 0.15) is 18.2 Å². The summed E-state index contributed by atoms with van der Waals surface area (Å²) in [7, 11) is 0. The summed E-state index contributed by atoms with van der Waals surface area (Å²) in [4.78, 5) is 0.876. The van der Waals surface area contributed by atoms with Crippen molar-refractivity contribution in [2.24, 2.45) is 0 Å². The molecule has 2 aromatic rings. The number of fused-ring (bicyclic) bond motifs is 1. The Morgan fingerprint density at radius 1 is 1.17 bits per heavy atom. The molecule has 1 aliphatic rings. The Morgan fingerprint density at radius 2 is 1.94 bits per heavy atom. The molecule has 1 aliphatic heterocycles. The third-order valence-corrected chi connectivity index (χ3v) is 3.77. The van der Waals surface area contributed by atoms with Crippen molar-refractivity contribution in [1.82, 2.24) is 10.2 Å². The molecule has 0 bridgehead atoms. The number of ether oxygens (including phenoxy) is 2. The Kier molecular flexibility index (Phi) is 3.25. The quantitative estimate of drug-likeness (QED) is 0.846. The van der Waals surface area contributed by atoms with E-state index in [0.29, 0.717) is 24.0 Å². The molecule has 1 aromatic carbocycles. The SMILES string of the molecule is Clc1cc2c(cc1Sc1cccnn1)OCCO2. The lowest BCUT2D eigenvalue weighted by Gasteiger charge is -2.19. The van der Waals surface area contributed by atoms with E-state index in [1.165, 1.54) is 11.8 Å². The predicted molar refractivity (Wildman–Crippen MR) is 68.6 cm³/mol. The zero-order chi connectivity index (χ0) is 12.4. The number of halogens is 1. The summed E-state index contributed by atoms with van der Waals surface area (Å²) in [5.74, 6) is 1.41. The highest BCUT2D eigenvalue weighted by Gasteiger charge is 2.15. The zero-order valence-electron chi connectivity index (χ0n) is 9.30. The van der Waals surface area contributed by atoms with Gasteiger partial charge in [0, 0.05) is 17.2 Å². The standard InChI is InChI=1S/C12H9ClN2O2S/c13-8-6-9-10(17-5-4-16-9)7-11(8)18-12-2-1-3-14-15-12/h1-3,6-7H,4-5H2. The fourth-order valence-corrected chi connectivity index (χ4v) is 2.63. The monoisotopic (exact) mass is 280 g/mol. The van der Waals surface area contributed by atoms with Crippen molar-refractivity contribution in [2.75, 3.05) is 13.2 Å². The molecule has 92 valence electrons. The van der Waals surface area contributed by atoms with Crippen molar-refractivity contribution in [1.29, 1.82) is 0 Å². The van der Waals surface area contributed by atoms with E-state index in [4.69, 9.17) is 21.1 Å². The molecule has 0 N–H and O–H groups in total. The summed E-state index contributed by atoms with van der Waals surface area (Å²) >= 11 is 7.65. The Morgan fingerprint density at radius 3 is 2.67 bits per heavy atom. The van der Waals surface area contributed by atoms with Crippen LogP contribution < -0.4 is 9.47 Å². The maximum atomic E-state index is 6.21. The normalized spacial score (nSPS) is 13.4. The summed E-state index contributed by atoms with van der Waals surface area (Å²) in [5.41, 5.74) is 0. The van der Waals surface area contributed by atoms with Crippen LogP contribution in [0.3, 0.4) is 0 Å². The third-order valence-electron chi connectivity index (χ3n) is 2.36. The molecule has 6 heteroatoms. The maximum Gasteiger partial charge on any atom is 0.162 e. The summed E-state index contributed by atoms with van der Waals surface area (Å²) in [6, 6.07) is 7.36. The highest BCUT2D eigenvalue weighted by Crippen LogP contribution is 2.41. The lowest BCUT2D eigenvalue weighted by Crippen LogP contribution is -2.15. The van der Waals surface area contributed by atoms with E-state index < -0.39 is 0 Å². The fraction of sp³-hybridized carbons (Fsp3) is 0.167. The first kappa shape index (κ1) is 11.6. The number of rotatable bonds is 2. The van der Waals surface area contributed by atoms with Gasteiger partial charge in [0.2, 0.25) is 0 Å². The lowest BCUT2D eigenvalue weighted by atomic mass is 10.3. The van der Waals surface area contributed by atoms with Crippen LogP contribution in [0, 0.1) is 0 Å². The van der Waals surface area contributed by atoms with E-state index in [1.54, 1.807) is 12.3 Å². The fourth-order valence-electron chi connectivity index (χ4n) is 1.58. The number of benzene rings is 1. The molecule has 3 rings (SSSR count). The van der Waals surface area contributed by atoms with Crippen LogP contribution in [0.5, 0.6) is 11.5 Å². The first-order chi connectivity index (χ1) is 8.83. The summed E-state index contributed by atoms with van der Waals surface area (Å²) in [6.45, 7) is 1.11. The Hall–Kier alpha value is -1.46. The van der Waals surface area contributed by atoms with Gasteiger partial charge in [-0.3, -0.25) is 0 Å². The molecule has 0 radical (unpaired) electrons. The maximum absolute atomic E-state index is 6.21. The number of nitrogens with zero attached hydrogens (tertiary/aromatic N) is 2. The van der Waals surface area contributed by atoms with Crippen molar-refractivity contribution in [2.45, 2.75) is 9.92 Å². The second-order valence-electron chi connectivity index (χ2n) is 3.59. The minimum Gasteiger partial charge on any atom is -0.486 e. The number of hydrogen-bond donors (Lipinski definition) is 0. The highest BCUT2D eigenvalue weighted by atomic mass is 35.5. The van der Waals surface area contributed by atoms with Gasteiger partial charge in [-0.2, -0.15) is 5.10 Å². The molecular formula is C12H9ClN2O2S. The Labute approximate surface area is 113 Å². The summed E-state index contributed by atoms with van der Waals surface area (Å²) < 4.78 is 11.0. The van der Waals surface area contributed by atoms with Crippen LogP contribution in [0.25, 0.3) is 0 Å². The van der Waals surface area contributed by atoms with E-state index in [1.807, 2.05) is 18.2 Å². The molecule has 2 heterocycles. The molecule has 0 unspecified atom stereocenters. The van der Waals surface area contributed by atoms with E-state index in [2.05, 4.69) is 10.2 Å². The smallest absolute Gasteiger partial charge is 0.162 e. The van der Waals surface area contributed by atoms with Crippen molar-refractivity contribution in [3.8, 4) is 11.5 Å². The van der Waals surface area contributed by atoms with Crippen molar-refractivity contribution in [3.05, 3.63) is 35.5 Å². The average molecular weight is 281 g/mol. The predicted octanol–water partition coefficient (Wildman–Crippen LogP) is 3.05. The minimum absolute atomic E-state index is 0.556. The molecule has 0 atom stereocenters. The first-order valence-electron chi connectivity index (χ1n) is 5.37. The molecule has 18 heavy (non-hydrogen) atoms. The molecular weight excluding hydrogens is 272 g/mol. The van der Waals surface area contributed by atoms with Crippen LogP contribution in [0.15, 0.2) is 40.4 Å². The molecule has 0 saturated carbocycles. The van der Waals surface area contributed by atoms with Gasteiger partial charge >= 0.3 is 0 Å². The van der Waals surface area contributed by atoms with Crippen molar-refractivity contribution < 1.29 is 9.47 Å². The van der Waals surface area contributed by atoms with Gasteiger partial charge in [0.05, 0.1) is 5.02 Å². The van der Waals surface area contributed by atoms with Crippen LogP contribution >= 0.6 is 23.4 Å². The number of hydrogen-bond acceptors (Lipinski definition) is 5. The summed E-state index contributed by atoms with van der Waals surface area (Å²) in [5, 5.41) is 9.25. The van der Waals surface area contributed by atoms with Gasteiger partial charge in [-0.05, 0) is 18.2 Å². The summed E-state index contributed by atoms with van der Waals surface area (Å²) in [6.07, 6.45) is 1.63. The van der Waals surface area contributed by atoms with Gasteiger partial charge in [-0.1, -0.05) is 23.4 Å².